The zero-order chi connectivity index (χ0) is 23.3. The van der Waals surface area contributed by atoms with E-state index in [1.165, 1.54) is 18.7 Å². The van der Waals surface area contributed by atoms with Crippen molar-refractivity contribution in [2.75, 3.05) is 33.3 Å². The van der Waals surface area contributed by atoms with E-state index in [4.69, 9.17) is 4.74 Å². The fourth-order valence-electron chi connectivity index (χ4n) is 4.75. The standard InChI is InChI=1S/C25H31FN4O3/c1-33-21-3-2-20(22(26)16-21)17-25(8-4-23(31)28-25)9-5-24(32)30-14-12-29(13-15-30)18-19-6-10-27-11-7-19/h2-3,6-7,10-11,16H,4-5,8-9,12-15,17-18H2,1H3,(H,28,31)/t25-/m1/s1. The summed E-state index contributed by atoms with van der Waals surface area (Å²) >= 11 is 0. The summed E-state index contributed by atoms with van der Waals surface area (Å²) in [6.07, 6.45) is 5.79. The average molecular weight is 455 g/mol. The number of aromatic nitrogens is 1. The molecule has 0 unspecified atom stereocenters. The summed E-state index contributed by atoms with van der Waals surface area (Å²) < 4.78 is 19.6. The Morgan fingerprint density at radius 3 is 2.58 bits per heavy atom. The quantitative estimate of drug-likeness (QED) is 0.664. The summed E-state index contributed by atoms with van der Waals surface area (Å²) in [5.41, 5.74) is 1.15. The summed E-state index contributed by atoms with van der Waals surface area (Å²) in [5.74, 6) is 0.154. The van der Waals surface area contributed by atoms with E-state index >= 15 is 0 Å². The molecule has 2 fully saturated rings. The minimum Gasteiger partial charge on any atom is -0.497 e. The highest BCUT2D eigenvalue weighted by Gasteiger charge is 2.39. The van der Waals surface area contributed by atoms with Crippen LogP contribution in [0.4, 0.5) is 4.39 Å². The highest BCUT2D eigenvalue weighted by atomic mass is 19.1. The van der Waals surface area contributed by atoms with Crippen LogP contribution in [0.3, 0.4) is 0 Å². The van der Waals surface area contributed by atoms with Gasteiger partial charge in [0.2, 0.25) is 11.8 Å². The van der Waals surface area contributed by atoms with Gasteiger partial charge in [-0.2, -0.15) is 0 Å². The molecule has 0 aliphatic carbocycles. The van der Waals surface area contributed by atoms with E-state index < -0.39 is 5.54 Å². The Balaban J connectivity index is 1.32. The summed E-state index contributed by atoms with van der Waals surface area (Å²) in [5, 5.41) is 3.04. The van der Waals surface area contributed by atoms with Gasteiger partial charge in [0.05, 0.1) is 7.11 Å². The van der Waals surface area contributed by atoms with Gasteiger partial charge in [0.1, 0.15) is 11.6 Å². The molecule has 176 valence electrons. The molecule has 2 saturated heterocycles. The topological polar surface area (TPSA) is 74.8 Å². The van der Waals surface area contributed by atoms with E-state index in [1.807, 2.05) is 17.0 Å². The predicted octanol–water partition coefficient (Wildman–Crippen LogP) is 2.55. The van der Waals surface area contributed by atoms with Crippen LogP contribution in [0.2, 0.25) is 0 Å². The lowest BCUT2D eigenvalue weighted by molar-refractivity contribution is -0.133. The van der Waals surface area contributed by atoms with Crippen LogP contribution in [0.15, 0.2) is 42.7 Å². The van der Waals surface area contributed by atoms with Crippen LogP contribution >= 0.6 is 0 Å². The molecule has 2 aliphatic rings. The fraction of sp³-hybridized carbons (Fsp3) is 0.480. The number of ether oxygens (including phenoxy) is 1. The van der Waals surface area contributed by atoms with Gasteiger partial charge in [0, 0.05) is 69.6 Å². The third kappa shape index (κ3) is 5.87. The molecule has 4 rings (SSSR count). The van der Waals surface area contributed by atoms with Crippen LogP contribution < -0.4 is 10.1 Å². The molecule has 2 amide bonds. The van der Waals surface area contributed by atoms with Gasteiger partial charge in [-0.25, -0.2) is 4.39 Å². The second-order valence-electron chi connectivity index (χ2n) is 8.98. The molecule has 1 aromatic carbocycles. The number of hydrogen-bond donors (Lipinski definition) is 1. The Morgan fingerprint density at radius 1 is 1.18 bits per heavy atom. The lowest BCUT2D eigenvalue weighted by Gasteiger charge is -2.36. The van der Waals surface area contributed by atoms with Gasteiger partial charge >= 0.3 is 0 Å². The zero-order valence-electron chi connectivity index (χ0n) is 19.1. The van der Waals surface area contributed by atoms with Crippen molar-refractivity contribution < 1.29 is 18.7 Å². The second kappa shape index (κ2) is 10.3. The number of carbonyl (C=O) groups is 2. The van der Waals surface area contributed by atoms with Crippen LogP contribution in [0, 0.1) is 5.82 Å². The first kappa shape index (κ1) is 23.2. The number of methoxy groups -OCH3 is 1. The molecular weight excluding hydrogens is 423 g/mol. The SMILES string of the molecule is COc1ccc(C[C@]2(CCC(=O)N3CCN(Cc4ccncc4)CC3)CCC(=O)N2)c(F)c1. The summed E-state index contributed by atoms with van der Waals surface area (Å²) in [7, 11) is 1.50. The van der Waals surface area contributed by atoms with Crippen molar-refractivity contribution >= 4 is 11.8 Å². The number of pyridine rings is 1. The molecule has 1 aromatic heterocycles. The molecule has 0 spiro atoms. The van der Waals surface area contributed by atoms with Gasteiger partial charge in [-0.1, -0.05) is 6.07 Å². The Bertz CT molecular complexity index is 979. The number of benzene rings is 1. The Morgan fingerprint density at radius 2 is 1.94 bits per heavy atom. The predicted molar refractivity (Wildman–Crippen MR) is 122 cm³/mol. The van der Waals surface area contributed by atoms with Crippen molar-refractivity contribution in [1.82, 2.24) is 20.1 Å². The molecule has 2 aliphatic heterocycles. The van der Waals surface area contributed by atoms with Gasteiger partial charge in [-0.05, 0) is 48.6 Å². The van der Waals surface area contributed by atoms with Crippen LogP contribution in [0.25, 0.3) is 0 Å². The molecule has 3 heterocycles. The Kier molecular flexibility index (Phi) is 7.23. The number of rotatable bonds is 8. The normalized spacial score (nSPS) is 21.2. The van der Waals surface area contributed by atoms with E-state index in [1.54, 1.807) is 24.5 Å². The lowest BCUT2D eigenvalue weighted by atomic mass is 9.84. The van der Waals surface area contributed by atoms with Crippen LogP contribution in [0.1, 0.15) is 36.8 Å². The number of piperazine rings is 1. The molecule has 8 heteroatoms. The molecule has 1 N–H and O–H groups in total. The van der Waals surface area contributed by atoms with E-state index in [9.17, 15) is 14.0 Å². The molecule has 0 bridgehead atoms. The van der Waals surface area contributed by atoms with E-state index in [2.05, 4.69) is 15.2 Å². The Hall–Kier alpha value is -3.00. The maximum absolute atomic E-state index is 14.6. The summed E-state index contributed by atoms with van der Waals surface area (Å²) in [6, 6.07) is 8.80. The van der Waals surface area contributed by atoms with Gasteiger partial charge in [0.15, 0.2) is 0 Å². The molecule has 33 heavy (non-hydrogen) atoms. The van der Waals surface area contributed by atoms with Crippen molar-refractivity contribution in [2.24, 2.45) is 0 Å². The first-order valence-corrected chi connectivity index (χ1v) is 11.5. The van der Waals surface area contributed by atoms with Crippen LogP contribution in [-0.4, -0.2) is 65.4 Å². The highest BCUT2D eigenvalue weighted by molar-refractivity contribution is 5.80. The van der Waals surface area contributed by atoms with Crippen LogP contribution in [-0.2, 0) is 22.6 Å². The van der Waals surface area contributed by atoms with E-state index in [-0.39, 0.29) is 17.6 Å². The molecular formula is C25H31FN4O3. The largest absolute Gasteiger partial charge is 0.497 e. The smallest absolute Gasteiger partial charge is 0.222 e. The second-order valence-corrected chi connectivity index (χ2v) is 8.98. The number of amides is 2. The zero-order valence-corrected chi connectivity index (χ0v) is 19.1. The molecule has 2 aromatic rings. The molecule has 7 nitrogen and oxygen atoms in total. The van der Waals surface area contributed by atoms with Crippen molar-refractivity contribution in [2.45, 2.75) is 44.2 Å². The molecule has 0 saturated carbocycles. The van der Waals surface area contributed by atoms with Gasteiger partial charge in [-0.15, -0.1) is 0 Å². The number of nitrogens with one attached hydrogen (secondary N) is 1. The van der Waals surface area contributed by atoms with Crippen molar-refractivity contribution in [1.29, 1.82) is 0 Å². The number of carbonyl (C=O) groups excluding carboxylic acids is 2. The first-order valence-electron chi connectivity index (χ1n) is 11.5. The van der Waals surface area contributed by atoms with Crippen molar-refractivity contribution in [3.05, 3.63) is 59.7 Å². The number of halogens is 1. The first-order chi connectivity index (χ1) is 16.0. The summed E-state index contributed by atoms with van der Waals surface area (Å²) in [4.78, 5) is 33.3. The minimum atomic E-state index is -0.592. The van der Waals surface area contributed by atoms with E-state index in [0.29, 0.717) is 56.5 Å². The van der Waals surface area contributed by atoms with Gasteiger partial charge in [0.25, 0.3) is 0 Å². The monoisotopic (exact) mass is 454 g/mol. The highest BCUT2D eigenvalue weighted by Crippen LogP contribution is 2.31. The van der Waals surface area contributed by atoms with Crippen molar-refractivity contribution in [3.63, 3.8) is 0 Å². The minimum absolute atomic E-state index is 0.0407. The molecule has 1 atom stereocenters. The van der Waals surface area contributed by atoms with E-state index in [0.717, 1.165) is 19.6 Å². The van der Waals surface area contributed by atoms with Gasteiger partial charge in [-0.3, -0.25) is 19.5 Å². The lowest BCUT2D eigenvalue weighted by Crippen LogP contribution is -2.49. The van der Waals surface area contributed by atoms with Gasteiger partial charge < -0.3 is 15.0 Å². The number of hydrogen-bond acceptors (Lipinski definition) is 5. The maximum atomic E-state index is 14.6. The van der Waals surface area contributed by atoms with Crippen LogP contribution in [0.5, 0.6) is 5.75 Å². The third-order valence-electron chi connectivity index (χ3n) is 6.72. The average Bonchev–Trinajstić information content (AvgIpc) is 3.20. The number of nitrogens with zero attached hydrogens (tertiary/aromatic N) is 3. The van der Waals surface area contributed by atoms with Crippen molar-refractivity contribution in [3.8, 4) is 5.75 Å². The third-order valence-corrected chi connectivity index (χ3v) is 6.72. The maximum Gasteiger partial charge on any atom is 0.222 e. The fourth-order valence-corrected chi connectivity index (χ4v) is 4.75. The Labute approximate surface area is 193 Å². The molecule has 0 radical (unpaired) electrons. The summed E-state index contributed by atoms with van der Waals surface area (Å²) in [6.45, 7) is 3.89.